The number of thioether (sulfide) groups is 1. The number of amides is 3. The third-order valence-corrected chi connectivity index (χ3v) is 5.24. The second-order valence-corrected chi connectivity index (χ2v) is 7.37. The van der Waals surface area contributed by atoms with E-state index >= 15 is 0 Å². The number of nitrogens with one attached hydrogen (secondary N) is 1. The van der Waals surface area contributed by atoms with Crippen LogP contribution in [0.5, 0.6) is 17.2 Å². The standard InChI is InChI=1S/C20H21N3O7S/c1-11-7-15(30-22-11)18(24)21-5-6-23-19(25)16(31-20(23)26)10-12-8-13(27-2)17(29-4)14(9-12)28-3/h7-10H,5-6H2,1-4H3,(H,21,24)/b16-10-. The molecule has 1 fully saturated rings. The molecule has 0 aliphatic carbocycles. The van der Waals surface area contributed by atoms with Crippen LogP contribution in [-0.2, 0) is 4.79 Å². The number of aryl methyl sites for hydroxylation is 1. The Hall–Kier alpha value is -3.47. The maximum Gasteiger partial charge on any atom is 0.293 e. The van der Waals surface area contributed by atoms with Gasteiger partial charge in [0.2, 0.25) is 11.5 Å². The molecule has 3 rings (SSSR count). The predicted molar refractivity (Wildman–Crippen MR) is 112 cm³/mol. The van der Waals surface area contributed by atoms with Gasteiger partial charge in [-0.15, -0.1) is 0 Å². The first-order valence-corrected chi connectivity index (χ1v) is 9.96. The number of benzene rings is 1. The molecular formula is C20H21N3O7S. The van der Waals surface area contributed by atoms with Gasteiger partial charge >= 0.3 is 0 Å². The van der Waals surface area contributed by atoms with E-state index in [0.717, 1.165) is 16.7 Å². The van der Waals surface area contributed by atoms with Crippen molar-refractivity contribution in [2.75, 3.05) is 34.4 Å². The van der Waals surface area contributed by atoms with Crippen molar-refractivity contribution in [3.63, 3.8) is 0 Å². The van der Waals surface area contributed by atoms with Gasteiger partial charge in [-0.1, -0.05) is 5.16 Å². The van der Waals surface area contributed by atoms with Crippen molar-refractivity contribution in [1.82, 2.24) is 15.4 Å². The molecule has 0 radical (unpaired) electrons. The van der Waals surface area contributed by atoms with Gasteiger partial charge in [0.05, 0.1) is 31.9 Å². The summed E-state index contributed by atoms with van der Waals surface area (Å²) < 4.78 is 20.8. The summed E-state index contributed by atoms with van der Waals surface area (Å²) in [7, 11) is 4.47. The molecule has 31 heavy (non-hydrogen) atoms. The maximum absolute atomic E-state index is 12.7. The van der Waals surface area contributed by atoms with E-state index in [2.05, 4.69) is 10.5 Å². The van der Waals surface area contributed by atoms with Gasteiger partial charge in [-0.05, 0) is 42.5 Å². The number of ether oxygens (including phenoxy) is 3. The molecule has 2 heterocycles. The molecule has 1 aromatic carbocycles. The van der Waals surface area contributed by atoms with Crippen molar-refractivity contribution in [2.24, 2.45) is 0 Å². The van der Waals surface area contributed by atoms with Crippen molar-refractivity contribution in [1.29, 1.82) is 0 Å². The number of nitrogens with zero attached hydrogens (tertiary/aromatic N) is 2. The van der Waals surface area contributed by atoms with Crippen molar-refractivity contribution in [3.05, 3.63) is 40.1 Å². The highest BCUT2D eigenvalue weighted by molar-refractivity contribution is 8.18. The minimum absolute atomic E-state index is 0.0239. The highest BCUT2D eigenvalue weighted by Crippen LogP contribution is 2.40. The SMILES string of the molecule is COc1cc(/C=C2\SC(=O)N(CCNC(=O)c3cc(C)no3)C2=O)cc(OC)c1OC. The fraction of sp³-hybridized carbons (Fsp3) is 0.300. The zero-order chi connectivity index (χ0) is 22.5. The molecular weight excluding hydrogens is 426 g/mol. The average molecular weight is 447 g/mol. The lowest BCUT2D eigenvalue weighted by atomic mass is 10.1. The quantitative estimate of drug-likeness (QED) is 0.608. The Bertz CT molecular complexity index is 1020. The summed E-state index contributed by atoms with van der Waals surface area (Å²) in [5.74, 6) is 0.423. The van der Waals surface area contributed by atoms with Gasteiger partial charge in [0.15, 0.2) is 11.5 Å². The zero-order valence-electron chi connectivity index (χ0n) is 17.4. The molecule has 11 heteroatoms. The molecule has 1 aromatic heterocycles. The van der Waals surface area contributed by atoms with Gasteiger partial charge in [-0.3, -0.25) is 19.3 Å². The lowest BCUT2D eigenvalue weighted by Crippen LogP contribution is -2.37. The second kappa shape index (κ2) is 9.56. The van der Waals surface area contributed by atoms with Crippen LogP contribution in [0.25, 0.3) is 6.08 Å². The van der Waals surface area contributed by atoms with Crippen molar-refractivity contribution < 1.29 is 33.1 Å². The van der Waals surface area contributed by atoms with Crippen molar-refractivity contribution >= 4 is 34.9 Å². The van der Waals surface area contributed by atoms with Gasteiger partial charge in [0, 0.05) is 19.2 Å². The fourth-order valence-electron chi connectivity index (χ4n) is 2.87. The Kier molecular flexibility index (Phi) is 6.85. The van der Waals surface area contributed by atoms with Gasteiger partial charge in [0.25, 0.3) is 17.1 Å². The maximum atomic E-state index is 12.7. The van der Waals surface area contributed by atoms with E-state index in [9.17, 15) is 14.4 Å². The van der Waals surface area contributed by atoms with Crippen molar-refractivity contribution in [3.8, 4) is 17.2 Å². The van der Waals surface area contributed by atoms with Crippen LogP contribution < -0.4 is 19.5 Å². The summed E-state index contributed by atoms with van der Waals surface area (Å²) in [4.78, 5) is 38.3. The average Bonchev–Trinajstić information content (AvgIpc) is 3.31. The molecule has 0 saturated carbocycles. The van der Waals surface area contributed by atoms with Crippen LogP contribution in [0.1, 0.15) is 21.8 Å². The molecule has 164 valence electrons. The summed E-state index contributed by atoms with van der Waals surface area (Å²) in [6, 6.07) is 4.85. The van der Waals surface area contributed by atoms with Crippen LogP contribution in [0.3, 0.4) is 0 Å². The smallest absolute Gasteiger partial charge is 0.293 e. The number of aromatic nitrogens is 1. The van der Waals surface area contributed by atoms with Gasteiger partial charge in [-0.2, -0.15) is 0 Å². The molecule has 2 aromatic rings. The van der Waals surface area contributed by atoms with Crippen LogP contribution in [0.15, 0.2) is 27.6 Å². The molecule has 0 atom stereocenters. The third-order valence-electron chi connectivity index (χ3n) is 4.33. The predicted octanol–water partition coefficient (Wildman–Crippen LogP) is 2.48. The molecule has 0 spiro atoms. The van der Waals surface area contributed by atoms with E-state index < -0.39 is 17.1 Å². The number of imide groups is 1. The molecule has 1 N–H and O–H groups in total. The second-order valence-electron chi connectivity index (χ2n) is 6.38. The minimum atomic E-state index is -0.472. The van der Waals surface area contributed by atoms with Crippen LogP contribution in [0, 0.1) is 6.92 Å². The largest absolute Gasteiger partial charge is 0.493 e. The first-order valence-electron chi connectivity index (χ1n) is 9.14. The number of rotatable bonds is 8. The first kappa shape index (κ1) is 22.2. The highest BCUT2D eigenvalue weighted by Gasteiger charge is 2.35. The van der Waals surface area contributed by atoms with Crippen LogP contribution in [-0.4, -0.2) is 61.5 Å². The van der Waals surface area contributed by atoms with Gasteiger partial charge < -0.3 is 24.1 Å². The topological polar surface area (TPSA) is 120 Å². The summed E-state index contributed by atoms with van der Waals surface area (Å²) in [5.41, 5.74) is 1.18. The highest BCUT2D eigenvalue weighted by atomic mass is 32.2. The first-order chi connectivity index (χ1) is 14.9. The Labute approximate surface area is 182 Å². The fourth-order valence-corrected chi connectivity index (χ4v) is 3.73. The lowest BCUT2D eigenvalue weighted by Gasteiger charge is -2.13. The van der Waals surface area contributed by atoms with E-state index in [1.807, 2.05) is 0 Å². The number of methoxy groups -OCH3 is 3. The minimum Gasteiger partial charge on any atom is -0.493 e. The molecule has 0 unspecified atom stereocenters. The van der Waals surface area contributed by atoms with Crippen LogP contribution in [0.4, 0.5) is 4.79 Å². The summed E-state index contributed by atoms with van der Waals surface area (Å²) in [5, 5.41) is 5.81. The van der Waals surface area contributed by atoms with E-state index in [1.165, 1.54) is 27.4 Å². The van der Waals surface area contributed by atoms with E-state index in [0.29, 0.717) is 28.5 Å². The number of carbonyl (C=O) groups excluding carboxylic acids is 3. The third kappa shape index (κ3) is 4.82. The monoisotopic (exact) mass is 447 g/mol. The summed E-state index contributed by atoms with van der Waals surface area (Å²) >= 11 is 0.816. The summed E-state index contributed by atoms with van der Waals surface area (Å²) in [6.45, 7) is 1.80. The van der Waals surface area contributed by atoms with E-state index in [4.69, 9.17) is 18.7 Å². The molecule has 1 aliphatic rings. The normalized spacial score (nSPS) is 14.8. The molecule has 10 nitrogen and oxygen atoms in total. The Balaban J connectivity index is 1.69. The zero-order valence-corrected chi connectivity index (χ0v) is 18.2. The Morgan fingerprint density at radius 3 is 2.39 bits per heavy atom. The Morgan fingerprint density at radius 1 is 1.16 bits per heavy atom. The van der Waals surface area contributed by atoms with E-state index in [1.54, 1.807) is 25.1 Å². The number of hydrogen-bond acceptors (Lipinski definition) is 9. The Morgan fingerprint density at radius 2 is 1.84 bits per heavy atom. The van der Waals surface area contributed by atoms with Crippen molar-refractivity contribution in [2.45, 2.75) is 6.92 Å². The molecule has 3 amide bonds. The molecule has 1 aliphatic heterocycles. The molecule has 0 bridgehead atoms. The van der Waals surface area contributed by atoms with Gasteiger partial charge in [0.1, 0.15) is 0 Å². The number of hydrogen-bond donors (Lipinski definition) is 1. The van der Waals surface area contributed by atoms with Crippen LogP contribution >= 0.6 is 11.8 Å². The lowest BCUT2D eigenvalue weighted by molar-refractivity contribution is -0.122. The van der Waals surface area contributed by atoms with Gasteiger partial charge in [-0.25, -0.2) is 0 Å². The molecule has 1 saturated heterocycles. The number of carbonyl (C=O) groups is 3. The summed E-state index contributed by atoms with van der Waals surface area (Å²) in [6.07, 6.45) is 1.57. The van der Waals surface area contributed by atoms with Crippen LogP contribution in [0.2, 0.25) is 0 Å². The van der Waals surface area contributed by atoms with E-state index in [-0.39, 0.29) is 23.8 Å².